The van der Waals surface area contributed by atoms with E-state index in [1.54, 1.807) is 29.3 Å². The number of aromatic nitrogens is 2. The number of hydrogen-bond donors (Lipinski definition) is 0. The Balaban J connectivity index is 2.24. The first-order chi connectivity index (χ1) is 9.90. The Labute approximate surface area is 133 Å². The normalized spacial score (nSPS) is 11.2. The number of carbonyl (C=O) groups is 1. The van der Waals surface area contributed by atoms with Crippen molar-refractivity contribution in [3.05, 3.63) is 54.5 Å². The third-order valence-corrected chi connectivity index (χ3v) is 5.23. The van der Waals surface area contributed by atoms with E-state index in [1.165, 1.54) is 11.3 Å². The molecule has 0 bridgehead atoms. The molecule has 0 saturated carbocycles. The van der Waals surface area contributed by atoms with Crippen LogP contribution in [0.3, 0.4) is 0 Å². The van der Waals surface area contributed by atoms with Crippen molar-refractivity contribution in [1.29, 1.82) is 0 Å². The van der Waals surface area contributed by atoms with Crippen LogP contribution in [0.1, 0.15) is 20.1 Å². The van der Waals surface area contributed by atoms with Gasteiger partial charge in [-0.3, -0.25) is 13.9 Å². The standard InChI is InChI=1S/C15H13BrN2O2S/c1-8-4-5-13(21-8)14(19)9-6-11-12(7-10(9)16)18(3)15(20)17(11)2/h4-7H,1-3H3. The zero-order valence-corrected chi connectivity index (χ0v) is 14.2. The molecule has 0 saturated heterocycles. The lowest BCUT2D eigenvalue weighted by atomic mass is 10.1. The van der Waals surface area contributed by atoms with Gasteiger partial charge in [0.05, 0.1) is 15.9 Å². The van der Waals surface area contributed by atoms with Gasteiger partial charge in [0.25, 0.3) is 0 Å². The molecule has 3 rings (SSSR count). The fraction of sp³-hybridized carbons (Fsp3) is 0.200. The molecule has 0 spiro atoms. The third kappa shape index (κ3) is 2.18. The SMILES string of the molecule is Cc1ccc(C(=O)c2cc3c(cc2Br)n(C)c(=O)n3C)s1. The average molecular weight is 365 g/mol. The number of hydrogen-bond acceptors (Lipinski definition) is 3. The summed E-state index contributed by atoms with van der Waals surface area (Å²) in [7, 11) is 3.43. The van der Waals surface area contributed by atoms with Gasteiger partial charge in [-0.2, -0.15) is 0 Å². The fourth-order valence-corrected chi connectivity index (χ4v) is 3.72. The van der Waals surface area contributed by atoms with Gasteiger partial charge in [0.2, 0.25) is 5.78 Å². The van der Waals surface area contributed by atoms with Gasteiger partial charge in [-0.25, -0.2) is 4.79 Å². The highest BCUT2D eigenvalue weighted by Crippen LogP contribution is 2.28. The minimum atomic E-state index is -0.103. The predicted octanol–water partition coefficient (Wildman–Crippen LogP) is 3.24. The number of carbonyl (C=O) groups excluding carboxylic acids is 1. The summed E-state index contributed by atoms with van der Waals surface area (Å²) in [5, 5.41) is 0. The molecule has 2 heterocycles. The molecule has 1 aromatic carbocycles. The van der Waals surface area contributed by atoms with E-state index < -0.39 is 0 Å². The third-order valence-electron chi connectivity index (χ3n) is 3.57. The highest BCUT2D eigenvalue weighted by Gasteiger charge is 2.18. The summed E-state index contributed by atoms with van der Waals surface area (Å²) in [5.41, 5.74) is 2.02. The fourth-order valence-electron chi connectivity index (χ4n) is 2.38. The molecule has 0 aliphatic carbocycles. The van der Waals surface area contributed by atoms with E-state index in [4.69, 9.17) is 0 Å². The lowest BCUT2D eigenvalue weighted by Gasteiger charge is -2.04. The quantitative estimate of drug-likeness (QED) is 0.655. The highest BCUT2D eigenvalue weighted by molar-refractivity contribution is 9.10. The van der Waals surface area contributed by atoms with Gasteiger partial charge >= 0.3 is 5.69 Å². The molecule has 2 aromatic heterocycles. The van der Waals surface area contributed by atoms with Crippen LogP contribution >= 0.6 is 27.3 Å². The maximum Gasteiger partial charge on any atom is 0.328 e. The Bertz CT molecular complexity index is 933. The van der Waals surface area contributed by atoms with E-state index in [9.17, 15) is 9.59 Å². The maximum atomic E-state index is 12.6. The van der Waals surface area contributed by atoms with Crippen molar-refractivity contribution >= 4 is 44.1 Å². The van der Waals surface area contributed by atoms with E-state index in [0.717, 1.165) is 15.9 Å². The van der Waals surface area contributed by atoms with Crippen molar-refractivity contribution in [2.24, 2.45) is 14.1 Å². The van der Waals surface area contributed by atoms with E-state index in [2.05, 4.69) is 15.9 Å². The van der Waals surface area contributed by atoms with Crippen LogP contribution in [0.2, 0.25) is 0 Å². The van der Waals surface area contributed by atoms with Crippen LogP contribution in [-0.4, -0.2) is 14.9 Å². The van der Waals surface area contributed by atoms with Crippen LogP contribution in [0.15, 0.2) is 33.5 Å². The second kappa shape index (κ2) is 4.96. The smallest absolute Gasteiger partial charge is 0.295 e. The number of benzene rings is 1. The van der Waals surface area contributed by atoms with Gasteiger partial charge in [-0.15, -0.1) is 11.3 Å². The van der Waals surface area contributed by atoms with Crippen LogP contribution in [0.5, 0.6) is 0 Å². The van der Waals surface area contributed by atoms with Gasteiger partial charge in [0, 0.05) is 29.0 Å². The number of imidazole rings is 1. The molecular weight excluding hydrogens is 352 g/mol. The summed E-state index contributed by atoms with van der Waals surface area (Å²) < 4.78 is 3.83. The van der Waals surface area contributed by atoms with Crippen molar-refractivity contribution in [1.82, 2.24) is 9.13 Å². The number of nitrogens with zero attached hydrogens (tertiary/aromatic N) is 2. The van der Waals surface area contributed by atoms with Crippen LogP contribution in [0.25, 0.3) is 11.0 Å². The first kappa shape index (κ1) is 14.3. The van der Waals surface area contributed by atoms with Gasteiger partial charge in [0.1, 0.15) is 0 Å². The summed E-state index contributed by atoms with van der Waals surface area (Å²) in [6.07, 6.45) is 0. The summed E-state index contributed by atoms with van der Waals surface area (Å²) >= 11 is 4.92. The van der Waals surface area contributed by atoms with Crippen LogP contribution in [-0.2, 0) is 14.1 Å². The maximum absolute atomic E-state index is 12.6. The Hall–Kier alpha value is -1.66. The van der Waals surface area contributed by atoms with Gasteiger partial charge in [0.15, 0.2) is 0 Å². The van der Waals surface area contributed by atoms with E-state index in [-0.39, 0.29) is 11.5 Å². The lowest BCUT2D eigenvalue weighted by Crippen LogP contribution is -2.19. The second-order valence-electron chi connectivity index (χ2n) is 4.96. The highest BCUT2D eigenvalue weighted by atomic mass is 79.9. The van der Waals surface area contributed by atoms with Crippen molar-refractivity contribution in [3.63, 3.8) is 0 Å². The molecule has 0 aliphatic heterocycles. The molecule has 4 nitrogen and oxygen atoms in total. The molecule has 0 amide bonds. The molecule has 21 heavy (non-hydrogen) atoms. The Morgan fingerprint density at radius 2 is 1.76 bits per heavy atom. The molecule has 0 fully saturated rings. The number of halogens is 1. The van der Waals surface area contributed by atoms with Crippen molar-refractivity contribution in [2.75, 3.05) is 0 Å². The number of aryl methyl sites for hydroxylation is 3. The van der Waals surface area contributed by atoms with Crippen molar-refractivity contribution < 1.29 is 4.79 Å². The van der Waals surface area contributed by atoms with Gasteiger partial charge in [-0.05, 0) is 47.1 Å². The van der Waals surface area contributed by atoms with E-state index in [1.807, 2.05) is 25.1 Å². The van der Waals surface area contributed by atoms with Crippen molar-refractivity contribution in [3.8, 4) is 0 Å². The van der Waals surface area contributed by atoms with Gasteiger partial charge < -0.3 is 0 Å². The van der Waals surface area contributed by atoms with Crippen LogP contribution in [0.4, 0.5) is 0 Å². The second-order valence-corrected chi connectivity index (χ2v) is 7.10. The summed E-state index contributed by atoms with van der Waals surface area (Å²) in [6, 6.07) is 7.37. The first-order valence-corrected chi connectivity index (χ1v) is 7.97. The average Bonchev–Trinajstić information content (AvgIpc) is 2.97. The van der Waals surface area contributed by atoms with Gasteiger partial charge in [-0.1, -0.05) is 0 Å². The first-order valence-electron chi connectivity index (χ1n) is 6.36. The topological polar surface area (TPSA) is 44.0 Å². The molecule has 0 unspecified atom stereocenters. The summed E-state index contributed by atoms with van der Waals surface area (Å²) in [6.45, 7) is 1.97. The number of fused-ring (bicyclic) bond motifs is 1. The molecule has 0 radical (unpaired) electrons. The number of rotatable bonds is 2. The molecule has 0 atom stereocenters. The lowest BCUT2D eigenvalue weighted by molar-refractivity contribution is 0.104. The van der Waals surface area contributed by atoms with E-state index in [0.29, 0.717) is 14.9 Å². The zero-order valence-electron chi connectivity index (χ0n) is 11.8. The molecule has 6 heteroatoms. The molecule has 3 aromatic rings. The predicted molar refractivity (Wildman–Crippen MR) is 88.3 cm³/mol. The number of thiophene rings is 1. The monoisotopic (exact) mass is 364 g/mol. The van der Waals surface area contributed by atoms with Crippen LogP contribution < -0.4 is 5.69 Å². The summed E-state index contributed by atoms with van der Waals surface area (Å²) in [5.74, 6) is -0.0295. The molecular formula is C15H13BrN2O2S. The Morgan fingerprint density at radius 3 is 2.33 bits per heavy atom. The Morgan fingerprint density at radius 1 is 1.14 bits per heavy atom. The van der Waals surface area contributed by atoms with Crippen molar-refractivity contribution in [2.45, 2.75) is 6.92 Å². The van der Waals surface area contributed by atoms with Crippen LogP contribution in [0, 0.1) is 6.92 Å². The molecule has 0 aliphatic rings. The summed E-state index contributed by atoms with van der Waals surface area (Å²) in [4.78, 5) is 26.4. The minimum absolute atomic E-state index is 0.0295. The largest absolute Gasteiger partial charge is 0.328 e. The zero-order chi connectivity index (χ0) is 15.3. The Kier molecular flexibility index (Phi) is 3.37. The molecule has 0 N–H and O–H groups in total. The minimum Gasteiger partial charge on any atom is -0.295 e. The molecule has 108 valence electrons. The number of ketones is 1. The van der Waals surface area contributed by atoms with E-state index >= 15 is 0 Å².